The van der Waals surface area contributed by atoms with Gasteiger partial charge in [-0.25, -0.2) is 0 Å². The van der Waals surface area contributed by atoms with E-state index in [4.69, 9.17) is 4.74 Å². The number of hydrogen-bond acceptors (Lipinski definition) is 5. The number of esters is 1. The number of benzene rings is 1. The summed E-state index contributed by atoms with van der Waals surface area (Å²) in [5, 5.41) is 5.17. The summed E-state index contributed by atoms with van der Waals surface area (Å²) >= 11 is 0. The van der Waals surface area contributed by atoms with Crippen molar-refractivity contribution in [1.29, 1.82) is 0 Å². The van der Waals surface area contributed by atoms with Gasteiger partial charge in [0, 0.05) is 20.0 Å². The van der Waals surface area contributed by atoms with Crippen molar-refractivity contribution in [1.82, 2.24) is 15.5 Å². The number of ether oxygens (including phenoxy) is 1. The Morgan fingerprint density at radius 1 is 1.30 bits per heavy atom. The summed E-state index contributed by atoms with van der Waals surface area (Å²) in [5.41, 5.74) is 0.760. The molecule has 1 fully saturated rings. The van der Waals surface area contributed by atoms with Gasteiger partial charge in [0.15, 0.2) is 0 Å². The maximum absolute atomic E-state index is 13.0. The van der Waals surface area contributed by atoms with Crippen LogP contribution in [0.4, 0.5) is 0 Å². The van der Waals surface area contributed by atoms with E-state index in [-0.39, 0.29) is 31.8 Å². The first kappa shape index (κ1) is 20.2. The van der Waals surface area contributed by atoms with Crippen LogP contribution in [0.2, 0.25) is 0 Å². The fraction of sp³-hybridized carbons (Fsp3) is 0.368. The first-order valence-electron chi connectivity index (χ1n) is 8.71. The highest BCUT2D eigenvalue weighted by atomic mass is 16.5. The van der Waals surface area contributed by atoms with Crippen molar-refractivity contribution in [2.45, 2.75) is 26.3 Å². The molecular formula is C19H23N3O5. The topological polar surface area (TPSA) is 105 Å². The summed E-state index contributed by atoms with van der Waals surface area (Å²) in [6.07, 6.45) is 1.29. The van der Waals surface area contributed by atoms with Crippen LogP contribution >= 0.6 is 0 Å². The first-order chi connectivity index (χ1) is 12.9. The normalized spacial score (nSPS) is 17.1. The second-order valence-electron chi connectivity index (χ2n) is 5.96. The third kappa shape index (κ3) is 5.67. The Labute approximate surface area is 157 Å². The number of amides is 3. The van der Waals surface area contributed by atoms with E-state index >= 15 is 0 Å². The fourth-order valence-electron chi connectivity index (χ4n) is 2.75. The fourth-order valence-corrected chi connectivity index (χ4v) is 2.75. The van der Waals surface area contributed by atoms with Crippen LogP contribution in [0.15, 0.2) is 36.0 Å². The molecule has 0 aromatic heterocycles. The maximum Gasteiger partial charge on any atom is 0.308 e. The minimum absolute atomic E-state index is 0.0391. The molecule has 8 heteroatoms. The number of rotatable bonds is 6. The molecule has 1 atom stereocenters. The van der Waals surface area contributed by atoms with Crippen molar-refractivity contribution >= 4 is 29.8 Å². The number of piperazine rings is 1. The third-order valence-corrected chi connectivity index (χ3v) is 3.91. The van der Waals surface area contributed by atoms with E-state index in [1.54, 1.807) is 31.2 Å². The van der Waals surface area contributed by atoms with Crippen LogP contribution in [0.25, 0.3) is 6.08 Å². The van der Waals surface area contributed by atoms with Gasteiger partial charge >= 0.3 is 5.97 Å². The van der Waals surface area contributed by atoms with Crippen molar-refractivity contribution in [3.05, 3.63) is 41.6 Å². The summed E-state index contributed by atoms with van der Waals surface area (Å²) in [5.74, 6) is -1.93. The number of nitrogens with one attached hydrogen (secondary N) is 2. The zero-order valence-electron chi connectivity index (χ0n) is 15.4. The number of hydrogen-bond donors (Lipinski definition) is 2. The van der Waals surface area contributed by atoms with Crippen LogP contribution < -0.4 is 10.6 Å². The Hall–Kier alpha value is -3.16. The lowest BCUT2D eigenvalue weighted by Gasteiger charge is -2.35. The molecule has 3 amide bonds. The zero-order valence-corrected chi connectivity index (χ0v) is 15.4. The van der Waals surface area contributed by atoms with Crippen molar-refractivity contribution in [3.63, 3.8) is 0 Å². The molecular weight excluding hydrogens is 350 g/mol. The molecule has 0 saturated carbocycles. The molecule has 1 aromatic rings. The number of carbonyl (C=O) groups is 4. The van der Waals surface area contributed by atoms with Gasteiger partial charge < -0.3 is 20.3 Å². The Bertz CT molecular complexity index is 745. The van der Waals surface area contributed by atoms with Crippen LogP contribution in [0.1, 0.15) is 25.8 Å². The van der Waals surface area contributed by atoms with Crippen molar-refractivity contribution in [2.24, 2.45) is 0 Å². The summed E-state index contributed by atoms with van der Waals surface area (Å²) in [6.45, 7) is 3.64. The summed E-state index contributed by atoms with van der Waals surface area (Å²) in [7, 11) is 0. The summed E-state index contributed by atoms with van der Waals surface area (Å²) < 4.78 is 4.90. The Morgan fingerprint density at radius 2 is 2.00 bits per heavy atom. The van der Waals surface area contributed by atoms with Crippen molar-refractivity contribution in [3.8, 4) is 0 Å². The van der Waals surface area contributed by atoms with Gasteiger partial charge in [-0.2, -0.15) is 0 Å². The smallest absolute Gasteiger partial charge is 0.308 e. The lowest BCUT2D eigenvalue weighted by Crippen LogP contribution is -2.58. The van der Waals surface area contributed by atoms with E-state index < -0.39 is 29.7 Å². The summed E-state index contributed by atoms with van der Waals surface area (Å²) in [6, 6.07) is 8.03. The van der Waals surface area contributed by atoms with Gasteiger partial charge in [-0.05, 0) is 18.6 Å². The van der Waals surface area contributed by atoms with Crippen LogP contribution in [-0.2, 0) is 23.9 Å². The molecule has 0 spiro atoms. The van der Waals surface area contributed by atoms with E-state index in [2.05, 4.69) is 10.6 Å². The van der Waals surface area contributed by atoms with Gasteiger partial charge in [0.05, 0.1) is 13.0 Å². The van der Waals surface area contributed by atoms with Crippen LogP contribution in [0, 0.1) is 0 Å². The lowest BCUT2D eigenvalue weighted by atomic mass is 10.1. The molecule has 1 aliphatic rings. The molecule has 0 aliphatic carbocycles. The average molecular weight is 373 g/mol. The molecule has 8 nitrogen and oxygen atoms in total. The number of nitrogens with zero attached hydrogens (tertiary/aromatic N) is 1. The maximum atomic E-state index is 13.0. The van der Waals surface area contributed by atoms with Crippen LogP contribution in [0.5, 0.6) is 0 Å². The van der Waals surface area contributed by atoms with Gasteiger partial charge in [-0.15, -0.1) is 0 Å². The van der Waals surface area contributed by atoms with E-state index in [0.717, 1.165) is 5.56 Å². The molecule has 1 aromatic carbocycles. The minimum Gasteiger partial charge on any atom is -0.466 e. The van der Waals surface area contributed by atoms with E-state index in [1.165, 1.54) is 17.9 Å². The predicted octanol–water partition coefficient (Wildman–Crippen LogP) is 0.444. The van der Waals surface area contributed by atoms with Gasteiger partial charge in [-0.1, -0.05) is 30.3 Å². The Morgan fingerprint density at radius 3 is 2.63 bits per heavy atom. The van der Waals surface area contributed by atoms with Gasteiger partial charge in [0.1, 0.15) is 11.7 Å². The molecule has 1 aliphatic heterocycles. The van der Waals surface area contributed by atoms with Gasteiger partial charge in [0.2, 0.25) is 11.8 Å². The number of carbonyl (C=O) groups excluding carboxylic acids is 4. The standard InChI is InChI=1S/C19H23N3O5/c1-3-27-17(24)12-16-18(25)20-9-10-22(16)19(26)15(21-13(2)23)11-14-7-5-4-6-8-14/h4-8,11,16H,3,9-10,12H2,1-2H3,(H,20,25)(H,21,23). The Balaban J connectivity index is 2.30. The zero-order chi connectivity index (χ0) is 19.8. The molecule has 1 heterocycles. The highest BCUT2D eigenvalue weighted by molar-refractivity contribution is 6.03. The van der Waals surface area contributed by atoms with Crippen LogP contribution in [0.3, 0.4) is 0 Å². The second kappa shape index (κ2) is 9.51. The minimum atomic E-state index is -0.988. The monoisotopic (exact) mass is 373 g/mol. The molecule has 0 bridgehead atoms. The van der Waals surface area contributed by atoms with E-state index in [0.29, 0.717) is 0 Å². The molecule has 0 radical (unpaired) electrons. The summed E-state index contributed by atoms with van der Waals surface area (Å²) in [4.78, 5) is 50.0. The molecule has 2 rings (SSSR count). The molecule has 1 unspecified atom stereocenters. The highest BCUT2D eigenvalue weighted by Crippen LogP contribution is 2.15. The van der Waals surface area contributed by atoms with E-state index in [9.17, 15) is 19.2 Å². The largest absolute Gasteiger partial charge is 0.466 e. The predicted molar refractivity (Wildman–Crippen MR) is 98.0 cm³/mol. The van der Waals surface area contributed by atoms with Crippen molar-refractivity contribution < 1.29 is 23.9 Å². The van der Waals surface area contributed by atoms with Gasteiger partial charge in [-0.3, -0.25) is 19.2 Å². The van der Waals surface area contributed by atoms with Gasteiger partial charge in [0.25, 0.3) is 5.91 Å². The highest BCUT2D eigenvalue weighted by Gasteiger charge is 2.36. The van der Waals surface area contributed by atoms with E-state index in [1.807, 2.05) is 6.07 Å². The molecule has 144 valence electrons. The second-order valence-corrected chi connectivity index (χ2v) is 5.96. The molecule has 27 heavy (non-hydrogen) atoms. The SMILES string of the molecule is CCOC(=O)CC1C(=O)NCCN1C(=O)C(=Cc1ccccc1)NC(C)=O. The lowest BCUT2D eigenvalue weighted by molar-refractivity contribution is -0.150. The average Bonchev–Trinajstić information content (AvgIpc) is 2.63. The first-order valence-corrected chi connectivity index (χ1v) is 8.71. The third-order valence-electron chi connectivity index (χ3n) is 3.91. The van der Waals surface area contributed by atoms with Crippen LogP contribution in [-0.4, -0.2) is 54.3 Å². The molecule has 2 N–H and O–H groups in total. The Kier molecular flexibility index (Phi) is 7.10. The quantitative estimate of drug-likeness (QED) is 0.556. The molecule has 1 saturated heterocycles. The van der Waals surface area contributed by atoms with Crippen molar-refractivity contribution in [2.75, 3.05) is 19.7 Å².